The first kappa shape index (κ1) is 28.1. The maximum absolute atomic E-state index is 12.6. The summed E-state index contributed by atoms with van der Waals surface area (Å²) in [5.74, 6) is 0.184. The molecule has 1 aliphatic carbocycles. The van der Waals surface area contributed by atoms with Crippen LogP contribution < -0.4 is 4.74 Å². The summed E-state index contributed by atoms with van der Waals surface area (Å²) in [6.45, 7) is 12.0. The fraction of sp³-hybridized carbons (Fsp3) is 0.607. The minimum absolute atomic E-state index is 0.0890. The van der Waals surface area contributed by atoms with Gasteiger partial charge < -0.3 is 24.1 Å². The zero-order valence-electron chi connectivity index (χ0n) is 21.4. The number of aryl methyl sites for hydroxylation is 1. The van der Waals surface area contributed by atoms with Gasteiger partial charge in [0, 0.05) is 18.6 Å². The average Bonchev–Trinajstić information content (AvgIpc) is 2.78. The van der Waals surface area contributed by atoms with Gasteiger partial charge >= 0.3 is 5.97 Å². The second-order valence-corrected chi connectivity index (χ2v) is 9.15. The summed E-state index contributed by atoms with van der Waals surface area (Å²) in [5.41, 5.74) is 3.95. The largest absolute Gasteiger partial charge is 0.507 e. The molecule has 0 fully saturated rings. The number of hydrogen-bond donors (Lipinski definition) is 1. The van der Waals surface area contributed by atoms with E-state index in [1.165, 1.54) is 5.57 Å². The number of ether oxygens (including phenoxy) is 4. The molecule has 0 aromatic heterocycles. The van der Waals surface area contributed by atoms with Gasteiger partial charge in [-0.25, -0.2) is 4.79 Å². The third kappa shape index (κ3) is 8.90. The first-order valence-corrected chi connectivity index (χ1v) is 12.4. The van der Waals surface area contributed by atoms with Gasteiger partial charge in [-0.15, -0.1) is 0 Å². The Kier molecular flexibility index (Phi) is 12.4. The Hall–Kier alpha value is -2.15. The number of unbranched alkanes of at least 4 members (excludes halogenated alkanes) is 2. The minimum Gasteiger partial charge on any atom is -0.507 e. The highest BCUT2D eigenvalue weighted by Gasteiger charge is 2.31. The van der Waals surface area contributed by atoms with Gasteiger partial charge in [-0.3, -0.25) is 0 Å². The lowest BCUT2D eigenvalue weighted by Gasteiger charge is -2.32. The molecule has 2 rings (SSSR count). The van der Waals surface area contributed by atoms with Crippen LogP contribution in [-0.2, 0) is 25.4 Å². The Morgan fingerprint density at radius 1 is 1.15 bits per heavy atom. The van der Waals surface area contributed by atoms with Gasteiger partial charge in [-0.2, -0.15) is 0 Å². The number of hydrogen-bond acceptors (Lipinski definition) is 6. The Labute approximate surface area is 204 Å². The van der Waals surface area contributed by atoms with Gasteiger partial charge in [-0.1, -0.05) is 43.6 Å². The molecule has 0 saturated heterocycles. The number of benzene rings is 1. The van der Waals surface area contributed by atoms with Crippen LogP contribution in [0.15, 0.2) is 35.9 Å². The molecule has 1 N–H and O–H groups in total. The smallest absolute Gasteiger partial charge is 0.337 e. The number of carbonyl (C=O) groups excluding carboxylic acids is 1. The molecule has 0 radical (unpaired) electrons. The van der Waals surface area contributed by atoms with E-state index in [9.17, 15) is 9.90 Å². The minimum atomic E-state index is -0.494. The van der Waals surface area contributed by atoms with Crippen LogP contribution in [0.25, 0.3) is 0 Å². The van der Waals surface area contributed by atoms with Crippen molar-refractivity contribution >= 4 is 5.97 Å². The topological polar surface area (TPSA) is 74.2 Å². The lowest BCUT2D eigenvalue weighted by molar-refractivity contribution is -0.140. The van der Waals surface area contributed by atoms with Crippen LogP contribution in [0.3, 0.4) is 0 Å². The van der Waals surface area contributed by atoms with E-state index in [1.54, 1.807) is 7.11 Å². The first-order chi connectivity index (χ1) is 16.4. The highest BCUT2D eigenvalue weighted by molar-refractivity contribution is 5.74. The lowest BCUT2D eigenvalue weighted by atomic mass is 9.73. The molecule has 1 aromatic carbocycles. The van der Waals surface area contributed by atoms with E-state index in [0.717, 1.165) is 49.7 Å². The quantitative estimate of drug-likeness (QED) is 0.152. The van der Waals surface area contributed by atoms with Gasteiger partial charge in [0.25, 0.3) is 0 Å². The molecule has 0 aliphatic heterocycles. The van der Waals surface area contributed by atoms with Crippen molar-refractivity contribution in [3.05, 3.63) is 47.1 Å². The fourth-order valence-corrected chi connectivity index (χ4v) is 4.39. The molecule has 6 nitrogen and oxygen atoms in total. The number of allylic oxidation sites excluding steroid dienone is 3. The van der Waals surface area contributed by atoms with Crippen LogP contribution in [0.1, 0.15) is 69.9 Å². The van der Waals surface area contributed by atoms with E-state index < -0.39 is 5.97 Å². The van der Waals surface area contributed by atoms with Gasteiger partial charge in [0.2, 0.25) is 0 Å². The van der Waals surface area contributed by atoms with E-state index in [0.29, 0.717) is 31.1 Å². The van der Waals surface area contributed by atoms with Crippen molar-refractivity contribution < 1.29 is 28.8 Å². The second kappa shape index (κ2) is 15.0. The van der Waals surface area contributed by atoms with Crippen molar-refractivity contribution in [2.75, 3.05) is 40.1 Å². The molecule has 34 heavy (non-hydrogen) atoms. The number of carbonyl (C=O) groups is 1. The predicted octanol–water partition coefficient (Wildman–Crippen LogP) is 5.73. The van der Waals surface area contributed by atoms with Crippen molar-refractivity contribution in [3.8, 4) is 11.5 Å². The molecule has 2 atom stereocenters. The third-order valence-electron chi connectivity index (χ3n) is 6.21. The van der Waals surface area contributed by atoms with E-state index in [1.807, 2.05) is 19.1 Å². The summed E-state index contributed by atoms with van der Waals surface area (Å²) >= 11 is 0. The standard InChI is InChI=1S/C28H42O6/c1-6-7-8-9-22-17-25(29)28(24-16-21(4)10-11-23(24)20(2)3)26(18-22)34-27(30)19-33-15-14-32-13-12-31-5/h16-18,23-24,29H,2,6-15,19H2,1,3-5H3/t23-,24+/m0/s1. The molecule has 1 aromatic rings. The molecular weight excluding hydrogens is 432 g/mol. The molecule has 0 heterocycles. The Bertz CT molecular complexity index is 828. The fourth-order valence-electron chi connectivity index (χ4n) is 4.39. The van der Waals surface area contributed by atoms with Crippen LogP contribution in [-0.4, -0.2) is 51.2 Å². The molecule has 0 saturated carbocycles. The van der Waals surface area contributed by atoms with Gasteiger partial charge in [0.15, 0.2) is 0 Å². The van der Waals surface area contributed by atoms with Crippen LogP contribution in [0.4, 0.5) is 0 Å². The van der Waals surface area contributed by atoms with Crippen molar-refractivity contribution in [1.82, 2.24) is 0 Å². The Morgan fingerprint density at radius 2 is 1.88 bits per heavy atom. The molecular formula is C28H42O6. The first-order valence-electron chi connectivity index (χ1n) is 12.4. The number of rotatable bonds is 15. The van der Waals surface area contributed by atoms with E-state index >= 15 is 0 Å². The maximum atomic E-state index is 12.6. The van der Waals surface area contributed by atoms with Gasteiger partial charge in [-0.05, 0) is 63.1 Å². The van der Waals surface area contributed by atoms with E-state index in [-0.39, 0.29) is 30.8 Å². The third-order valence-corrected chi connectivity index (χ3v) is 6.21. The second-order valence-electron chi connectivity index (χ2n) is 9.15. The highest BCUT2D eigenvalue weighted by Crippen LogP contribution is 2.47. The van der Waals surface area contributed by atoms with Gasteiger partial charge in [0.1, 0.15) is 18.1 Å². The highest BCUT2D eigenvalue weighted by atomic mass is 16.6. The molecule has 0 bridgehead atoms. The Balaban J connectivity index is 2.20. The summed E-state index contributed by atoms with van der Waals surface area (Å²) in [6, 6.07) is 3.73. The molecule has 0 amide bonds. The predicted molar refractivity (Wildman–Crippen MR) is 135 cm³/mol. The zero-order chi connectivity index (χ0) is 24.9. The summed E-state index contributed by atoms with van der Waals surface area (Å²) in [7, 11) is 1.61. The van der Waals surface area contributed by atoms with Crippen LogP contribution >= 0.6 is 0 Å². The molecule has 0 unspecified atom stereocenters. The number of methoxy groups -OCH3 is 1. The molecule has 190 valence electrons. The van der Waals surface area contributed by atoms with Crippen molar-refractivity contribution in [1.29, 1.82) is 0 Å². The number of phenolic OH excluding ortho intramolecular Hbond substituents is 1. The summed E-state index contributed by atoms with van der Waals surface area (Å²) < 4.78 is 21.5. The maximum Gasteiger partial charge on any atom is 0.337 e. The molecule has 0 spiro atoms. The normalized spacial score (nSPS) is 17.9. The SMILES string of the molecule is C=C(C)[C@@H]1CCC(C)=C[C@H]1c1c(O)cc(CCCCC)cc1OC(=O)COCCOCCOC. The van der Waals surface area contributed by atoms with Crippen LogP contribution in [0.2, 0.25) is 0 Å². The summed E-state index contributed by atoms with van der Waals surface area (Å²) in [6.07, 6.45) is 8.21. The molecule has 1 aliphatic rings. The summed E-state index contributed by atoms with van der Waals surface area (Å²) in [4.78, 5) is 12.6. The van der Waals surface area contributed by atoms with Crippen LogP contribution in [0, 0.1) is 5.92 Å². The van der Waals surface area contributed by atoms with E-state index in [4.69, 9.17) is 18.9 Å². The Morgan fingerprint density at radius 3 is 2.59 bits per heavy atom. The van der Waals surface area contributed by atoms with Crippen molar-refractivity contribution in [2.24, 2.45) is 5.92 Å². The van der Waals surface area contributed by atoms with Crippen LogP contribution in [0.5, 0.6) is 11.5 Å². The van der Waals surface area contributed by atoms with Crippen molar-refractivity contribution in [3.63, 3.8) is 0 Å². The van der Waals surface area contributed by atoms with Crippen molar-refractivity contribution in [2.45, 2.75) is 65.2 Å². The van der Waals surface area contributed by atoms with Gasteiger partial charge in [0.05, 0.1) is 26.4 Å². The zero-order valence-corrected chi connectivity index (χ0v) is 21.4. The molecule has 6 heteroatoms. The number of esters is 1. The van der Waals surface area contributed by atoms with E-state index in [2.05, 4.69) is 26.5 Å². The monoisotopic (exact) mass is 474 g/mol. The average molecular weight is 475 g/mol. The number of phenols is 1. The number of aromatic hydroxyl groups is 1. The lowest BCUT2D eigenvalue weighted by Crippen LogP contribution is -2.21. The summed E-state index contributed by atoms with van der Waals surface area (Å²) in [5, 5.41) is 11.1.